The number of thioether (sulfide) groups is 1. The van der Waals surface area contributed by atoms with Crippen molar-refractivity contribution in [3.63, 3.8) is 0 Å². The van der Waals surface area contributed by atoms with Gasteiger partial charge in [-0.05, 0) is 53.1 Å². The van der Waals surface area contributed by atoms with E-state index in [1.54, 1.807) is 30.3 Å². The monoisotopic (exact) mass is 549 g/mol. The van der Waals surface area contributed by atoms with Gasteiger partial charge in [-0.2, -0.15) is 0 Å². The Morgan fingerprint density at radius 1 is 0.811 bits per heavy atom. The van der Waals surface area contributed by atoms with Crippen molar-refractivity contribution in [3.05, 3.63) is 111 Å². The maximum Gasteiger partial charge on any atom is 0.293 e. The van der Waals surface area contributed by atoms with Crippen molar-refractivity contribution in [2.24, 2.45) is 0 Å². The van der Waals surface area contributed by atoms with Crippen LogP contribution in [0.3, 0.4) is 0 Å². The summed E-state index contributed by atoms with van der Waals surface area (Å²) in [4.78, 5) is 27.0. The molecule has 0 N–H and O–H groups in total. The molecule has 1 fully saturated rings. The number of nitrogens with zero attached hydrogens (tertiary/aromatic N) is 1. The SMILES string of the molecule is O=C1S/C(=C\c2ccc(OCc3ccccc3Cl)c(Cl)c2)C(=O)N1CCOc1cccc2ccccc12. The third kappa shape index (κ3) is 5.77. The molecule has 0 radical (unpaired) electrons. The first-order valence-corrected chi connectivity index (χ1v) is 13.1. The number of hydrogen-bond donors (Lipinski definition) is 0. The first-order valence-electron chi connectivity index (χ1n) is 11.5. The van der Waals surface area contributed by atoms with Gasteiger partial charge < -0.3 is 9.47 Å². The third-order valence-corrected chi connectivity index (χ3v) is 7.36. The number of halogens is 2. The number of ether oxygens (including phenoxy) is 2. The molecular weight excluding hydrogens is 529 g/mol. The van der Waals surface area contributed by atoms with Crippen LogP contribution in [0.25, 0.3) is 16.8 Å². The summed E-state index contributed by atoms with van der Waals surface area (Å²) in [6.45, 7) is 0.627. The van der Waals surface area contributed by atoms with Gasteiger partial charge in [0, 0.05) is 16.0 Å². The predicted molar refractivity (Wildman–Crippen MR) is 149 cm³/mol. The molecule has 1 heterocycles. The molecule has 37 heavy (non-hydrogen) atoms. The number of amides is 2. The average molecular weight is 550 g/mol. The van der Waals surface area contributed by atoms with E-state index >= 15 is 0 Å². The van der Waals surface area contributed by atoms with E-state index in [2.05, 4.69) is 0 Å². The van der Waals surface area contributed by atoms with Gasteiger partial charge in [-0.25, -0.2) is 0 Å². The fraction of sp³-hybridized carbons (Fsp3) is 0.103. The van der Waals surface area contributed by atoms with Crippen LogP contribution in [0.1, 0.15) is 11.1 Å². The Morgan fingerprint density at radius 3 is 2.43 bits per heavy atom. The molecule has 2 amide bonds. The lowest BCUT2D eigenvalue weighted by Gasteiger charge is -2.14. The number of carbonyl (C=O) groups excluding carboxylic acids is 2. The van der Waals surface area contributed by atoms with Crippen LogP contribution < -0.4 is 9.47 Å². The van der Waals surface area contributed by atoms with E-state index in [1.807, 2.05) is 60.7 Å². The summed E-state index contributed by atoms with van der Waals surface area (Å²) < 4.78 is 11.7. The maximum absolute atomic E-state index is 12.9. The molecule has 4 aromatic carbocycles. The van der Waals surface area contributed by atoms with Crippen LogP contribution in [0.4, 0.5) is 4.79 Å². The van der Waals surface area contributed by atoms with Gasteiger partial charge in [0.15, 0.2) is 0 Å². The molecule has 0 saturated carbocycles. The second kappa shape index (κ2) is 11.3. The highest BCUT2D eigenvalue weighted by molar-refractivity contribution is 8.18. The molecule has 4 aromatic rings. The van der Waals surface area contributed by atoms with Crippen molar-refractivity contribution in [3.8, 4) is 11.5 Å². The quantitative estimate of drug-likeness (QED) is 0.209. The molecule has 0 bridgehead atoms. The fourth-order valence-corrected chi connectivity index (χ4v) is 5.21. The molecule has 5 nitrogen and oxygen atoms in total. The molecule has 0 aromatic heterocycles. The van der Waals surface area contributed by atoms with Gasteiger partial charge in [0.25, 0.3) is 11.1 Å². The van der Waals surface area contributed by atoms with Crippen molar-refractivity contribution < 1.29 is 19.1 Å². The van der Waals surface area contributed by atoms with Crippen LogP contribution in [-0.4, -0.2) is 29.2 Å². The third-order valence-electron chi connectivity index (χ3n) is 5.79. The van der Waals surface area contributed by atoms with Gasteiger partial charge in [-0.1, -0.05) is 83.9 Å². The zero-order valence-electron chi connectivity index (χ0n) is 19.5. The Labute approximate surface area is 228 Å². The van der Waals surface area contributed by atoms with Crippen molar-refractivity contribution >= 4 is 63.0 Å². The average Bonchev–Trinajstić information content (AvgIpc) is 3.16. The Balaban J connectivity index is 1.21. The highest BCUT2D eigenvalue weighted by Gasteiger charge is 2.34. The summed E-state index contributed by atoms with van der Waals surface area (Å²) in [5, 5.41) is 2.73. The lowest BCUT2D eigenvalue weighted by atomic mass is 10.1. The van der Waals surface area contributed by atoms with Gasteiger partial charge in [0.1, 0.15) is 24.7 Å². The first-order chi connectivity index (χ1) is 18.0. The molecule has 8 heteroatoms. The Bertz CT molecular complexity index is 1520. The minimum atomic E-state index is -0.355. The van der Waals surface area contributed by atoms with E-state index in [0.717, 1.165) is 28.1 Å². The number of rotatable bonds is 8. The molecule has 0 atom stereocenters. The van der Waals surface area contributed by atoms with E-state index in [4.69, 9.17) is 32.7 Å². The molecule has 0 unspecified atom stereocenters. The highest BCUT2D eigenvalue weighted by Crippen LogP contribution is 2.34. The summed E-state index contributed by atoms with van der Waals surface area (Å²) in [5.74, 6) is 0.858. The van der Waals surface area contributed by atoms with Crippen molar-refractivity contribution in [2.45, 2.75) is 6.61 Å². The van der Waals surface area contributed by atoms with E-state index in [1.165, 1.54) is 4.90 Å². The second-order valence-electron chi connectivity index (χ2n) is 8.23. The minimum absolute atomic E-state index is 0.154. The van der Waals surface area contributed by atoms with Gasteiger partial charge in [0.2, 0.25) is 0 Å². The van der Waals surface area contributed by atoms with Crippen LogP contribution in [0.5, 0.6) is 11.5 Å². The smallest absolute Gasteiger partial charge is 0.293 e. The fourth-order valence-electron chi connectivity index (χ4n) is 3.91. The molecule has 0 aliphatic carbocycles. The van der Waals surface area contributed by atoms with Crippen molar-refractivity contribution in [1.29, 1.82) is 0 Å². The van der Waals surface area contributed by atoms with Crippen LogP contribution in [0, 0.1) is 0 Å². The zero-order chi connectivity index (χ0) is 25.8. The molecule has 186 valence electrons. The molecule has 0 spiro atoms. The Morgan fingerprint density at radius 2 is 1.59 bits per heavy atom. The number of carbonyl (C=O) groups is 2. The summed E-state index contributed by atoms with van der Waals surface area (Å²) in [5.41, 5.74) is 1.54. The van der Waals surface area contributed by atoms with Gasteiger partial charge in [0.05, 0.1) is 16.5 Å². The van der Waals surface area contributed by atoms with E-state index in [-0.39, 0.29) is 30.9 Å². The molecular formula is C29H21Cl2NO4S. The summed E-state index contributed by atoms with van der Waals surface area (Å²) >= 11 is 13.5. The molecule has 1 aliphatic heterocycles. The number of hydrogen-bond acceptors (Lipinski definition) is 5. The maximum atomic E-state index is 12.9. The van der Waals surface area contributed by atoms with Gasteiger partial charge in [-0.15, -0.1) is 0 Å². The van der Waals surface area contributed by atoms with Crippen LogP contribution in [-0.2, 0) is 11.4 Å². The minimum Gasteiger partial charge on any atom is -0.491 e. The first kappa shape index (κ1) is 25.2. The Kier molecular flexibility index (Phi) is 7.70. The number of benzene rings is 4. The summed E-state index contributed by atoms with van der Waals surface area (Å²) in [6.07, 6.45) is 1.65. The number of fused-ring (bicyclic) bond motifs is 1. The normalized spacial score (nSPS) is 14.5. The largest absolute Gasteiger partial charge is 0.491 e. The van der Waals surface area contributed by atoms with E-state index in [9.17, 15) is 9.59 Å². The van der Waals surface area contributed by atoms with Crippen LogP contribution in [0.2, 0.25) is 10.0 Å². The molecule has 1 saturated heterocycles. The summed E-state index contributed by atoms with van der Waals surface area (Å²) in [7, 11) is 0. The zero-order valence-corrected chi connectivity index (χ0v) is 21.9. The van der Waals surface area contributed by atoms with Gasteiger partial charge in [-0.3, -0.25) is 14.5 Å². The molecule has 5 rings (SSSR count). The van der Waals surface area contributed by atoms with Gasteiger partial charge >= 0.3 is 0 Å². The molecule has 1 aliphatic rings. The lowest BCUT2D eigenvalue weighted by Crippen LogP contribution is -2.32. The predicted octanol–water partition coefficient (Wildman–Crippen LogP) is 7.84. The van der Waals surface area contributed by atoms with E-state index < -0.39 is 0 Å². The van der Waals surface area contributed by atoms with Crippen LogP contribution in [0.15, 0.2) is 89.8 Å². The number of imide groups is 1. The Hall–Kier alpha value is -3.45. The second-order valence-corrected chi connectivity index (χ2v) is 10.0. The van der Waals surface area contributed by atoms with Crippen LogP contribution >= 0.6 is 35.0 Å². The van der Waals surface area contributed by atoms with Crippen molar-refractivity contribution in [2.75, 3.05) is 13.2 Å². The van der Waals surface area contributed by atoms with Crippen molar-refractivity contribution in [1.82, 2.24) is 4.90 Å². The highest BCUT2D eigenvalue weighted by atomic mass is 35.5. The topological polar surface area (TPSA) is 55.8 Å². The van der Waals surface area contributed by atoms with E-state index in [0.29, 0.717) is 32.0 Å². The summed E-state index contributed by atoms with van der Waals surface area (Å²) in [6, 6.07) is 26.3. The standard InChI is InChI=1S/C29H21Cl2NO4S/c30-23-10-4-2-7-21(23)18-36-26-13-12-19(16-24(26)31)17-27-28(33)32(29(34)37-27)14-15-35-25-11-5-8-20-6-1-3-9-22(20)25/h1-13,16-17H,14-15,18H2/b27-17-. The lowest BCUT2D eigenvalue weighted by molar-refractivity contribution is -0.123.